The van der Waals surface area contributed by atoms with Crippen molar-refractivity contribution in [2.45, 2.75) is 45.4 Å². The van der Waals surface area contributed by atoms with Crippen LogP contribution in [0.1, 0.15) is 45.4 Å². The summed E-state index contributed by atoms with van der Waals surface area (Å²) >= 11 is 0. The molecule has 0 aromatic heterocycles. The van der Waals surface area contributed by atoms with Gasteiger partial charge in [-0.3, -0.25) is 9.59 Å². The van der Waals surface area contributed by atoms with Gasteiger partial charge in [0.2, 0.25) is 11.8 Å². The Morgan fingerprint density at radius 1 is 1.37 bits per heavy atom. The maximum Gasteiger partial charge on any atom is 0.223 e. The van der Waals surface area contributed by atoms with Gasteiger partial charge in [-0.25, -0.2) is 0 Å². The molecule has 19 heavy (non-hydrogen) atoms. The van der Waals surface area contributed by atoms with Crippen molar-refractivity contribution in [3.05, 3.63) is 12.7 Å². The molecule has 1 aliphatic rings. The Kier molecular flexibility index (Phi) is 6.60. The quantitative estimate of drug-likeness (QED) is 0.659. The molecule has 108 valence electrons. The molecule has 1 fully saturated rings. The highest BCUT2D eigenvalue weighted by Crippen LogP contribution is 2.33. The van der Waals surface area contributed by atoms with E-state index in [1.165, 1.54) is 12.8 Å². The van der Waals surface area contributed by atoms with Crippen LogP contribution in [0.4, 0.5) is 0 Å². The maximum atomic E-state index is 12.2. The van der Waals surface area contributed by atoms with E-state index in [0.717, 1.165) is 19.3 Å². The summed E-state index contributed by atoms with van der Waals surface area (Å²) in [5, 5.41) is 2.83. The van der Waals surface area contributed by atoms with Crippen molar-refractivity contribution < 1.29 is 9.59 Å². The van der Waals surface area contributed by atoms with Crippen LogP contribution in [0.25, 0.3) is 0 Å². The molecule has 2 amide bonds. The Labute approximate surface area is 115 Å². The Hall–Kier alpha value is -1.32. The van der Waals surface area contributed by atoms with Crippen LogP contribution in [-0.4, -0.2) is 18.4 Å². The highest BCUT2D eigenvalue weighted by Gasteiger charge is 2.33. The second kappa shape index (κ2) is 7.97. The average Bonchev–Trinajstić information content (AvgIpc) is 2.86. The van der Waals surface area contributed by atoms with E-state index < -0.39 is 11.8 Å². The van der Waals surface area contributed by atoms with E-state index in [-0.39, 0.29) is 11.8 Å². The highest BCUT2D eigenvalue weighted by atomic mass is 16.2. The second-order valence-corrected chi connectivity index (χ2v) is 5.42. The van der Waals surface area contributed by atoms with Crippen molar-refractivity contribution in [1.29, 1.82) is 0 Å². The van der Waals surface area contributed by atoms with Crippen molar-refractivity contribution in [1.82, 2.24) is 5.32 Å². The first-order chi connectivity index (χ1) is 9.10. The monoisotopic (exact) mass is 266 g/mol. The molecule has 0 saturated heterocycles. The van der Waals surface area contributed by atoms with Gasteiger partial charge in [0.15, 0.2) is 0 Å². The molecule has 0 radical (unpaired) electrons. The van der Waals surface area contributed by atoms with Gasteiger partial charge < -0.3 is 11.1 Å². The summed E-state index contributed by atoms with van der Waals surface area (Å²) in [6.45, 7) is 6.13. The lowest BCUT2D eigenvalue weighted by molar-refractivity contribution is -0.133. The molecule has 1 saturated carbocycles. The van der Waals surface area contributed by atoms with Crippen LogP contribution >= 0.6 is 0 Å². The van der Waals surface area contributed by atoms with E-state index in [1.54, 1.807) is 6.08 Å². The molecule has 1 rings (SSSR count). The Morgan fingerprint density at radius 3 is 2.47 bits per heavy atom. The fourth-order valence-electron chi connectivity index (χ4n) is 3.02. The van der Waals surface area contributed by atoms with Crippen molar-refractivity contribution in [2.24, 2.45) is 23.5 Å². The van der Waals surface area contributed by atoms with Crippen LogP contribution in [0.15, 0.2) is 12.7 Å². The molecule has 0 bridgehead atoms. The lowest BCUT2D eigenvalue weighted by Crippen LogP contribution is -2.41. The van der Waals surface area contributed by atoms with Gasteiger partial charge in [-0.2, -0.15) is 0 Å². The fraction of sp³-hybridized carbons (Fsp3) is 0.733. The molecule has 4 nitrogen and oxygen atoms in total. The van der Waals surface area contributed by atoms with Gasteiger partial charge in [0.25, 0.3) is 0 Å². The largest absolute Gasteiger partial charge is 0.369 e. The number of nitrogens with two attached hydrogens (primary N) is 1. The minimum Gasteiger partial charge on any atom is -0.369 e. The van der Waals surface area contributed by atoms with Crippen LogP contribution in [0.5, 0.6) is 0 Å². The number of hydrogen-bond acceptors (Lipinski definition) is 2. The molecular weight excluding hydrogens is 240 g/mol. The van der Waals surface area contributed by atoms with E-state index in [4.69, 9.17) is 5.73 Å². The van der Waals surface area contributed by atoms with Gasteiger partial charge in [-0.1, -0.05) is 31.8 Å². The third kappa shape index (κ3) is 4.69. The summed E-state index contributed by atoms with van der Waals surface area (Å²) in [6, 6.07) is 0. The molecule has 0 aliphatic heterocycles. The number of nitrogens with one attached hydrogen (secondary N) is 1. The maximum absolute atomic E-state index is 12.2. The summed E-state index contributed by atoms with van der Waals surface area (Å²) in [4.78, 5) is 23.8. The van der Waals surface area contributed by atoms with Gasteiger partial charge in [-0.15, -0.1) is 6.58 Å². The zero-order valence-corrected chi connectivity index (χ0v) is 11.9. The number of hydrogen-bond donors (Lipinski definition) is 2. The summed E-state index contributed by atoms with van der Waals surface area (Å²) in [6.07, 6.45) is 7.71. The zero-order valence-electron chi connectivity index (χ0n) is 11.9. The normalized spacial score (nSPS) is 18.8. The summed E-state index contributed by atoms with van der Waals surface area (Å²) in [7, 11) is 0. The Balaban J connectivity index is 2.78. The van der Waals surface area contributed by atoms with Gasteiger partial charge in [0, 0.05) is 6.54 Å². The summed E-state index contributed by atoms with van der Waals surface area (Å²) in [5.74, 6) is -0.614. The molecule has 0 heterocycles. The number of carbonyl (C=O) groups is 2. The van der Waals surface area contributed by atoms with Crippen molar-refractivity contribution in [3.8, 4) is 0 Å². The molecule has 0 aromatic carbocycles. The van der Waals surface area contributed by atoms with Crippen LogP contribution in [0, 0.1) is 17.8 Å². The van der Waals surface area contributed by atoms with Crippen LogP contribution in [0.3, 0.4) is 0 Å². The minimum atomic E-state index is -0.426. The molecular formula is C15H26N2O2. The molecule has 2 atom stereocenters. The summed E-state index contributed by atoms with van der Waals surface area (Å²) < 4.78 is 0. The molecule has 0 aromatic rings. The topological polar surface area (TPSA) is 72.2 Å². The third-order valence-corrected chi connectivity index (χ3v) is 4.02. The lowest BCUT2D eigenvalue weighted by Gasteiger charge is -2.25. The Bertz CT molecular complexity index is 322. The van der Waals surface area contributed by atoms with Gasteiger partial charge >= 0.3 is 0 Å². The molecule has 1 unspecified atom stereocenters. The number of primary amides is 1. The molecule has 1 aliphatic carbocycles. The highest BCUT2D eigenvalue weighted by molar-refractivity contribution is 5.87. The molecule has 0 spiro atoms. The number of carbonyl (C=O) groups excluding carboxylic acids is 2. The molecule has 4 heteroatoms. The second-order valence-electron chi connectivity index (χ2n) is 5.42. The number of rotatable bonds is 8. The van der Waals surface area contributed by atoms with E-state index in [0.29, 0.717) is 18.9 Å². The smallest absolute Gasteiger partial charge is 0.223 e. The van der Waals surface area contributed by atoms with Crippen LogP contribution in [-0.2, 0) is 9.59 Å². The fourth-order valence-corrected chi connectivity index (χ4v) is 3.02. The zero-order chi connectivity index (χ0) is 14.3. The van der Waals surface area contributed by atoms with Gasteiger partial charge in [-0.05, 0) is 25.7 Å². The van der Waals surface area contributed by atoms with Crippen molar-refractivity contribution in [3.63, 3.8) is 0 Å². The predicted octanol–water partition coefficient (Wildman–Crippen LogP) is 2.00. The van der Waals surface area contributed by atoms with Crippen LogP contribution < -0.4 is 11.1 Å². The first-order valence-corrected chi connectivity index (χ1v) is 7.28. The van der Waals surface area contributed by atoms with E-state index in [2.05, 4.69) is 11.9 Å². The van der Waals surface area contributed by atoms with Crippen LogP contribution in [0.2, 0.25) is 0 Å². The van der Waals surface area contributed by atoms with Gasteiger partial charge in [0.05, 0.1) is 11.8 Å². The Morgan fingerprint density at radius 2 is 2.00 bits per heavy atom. The lowest BCUT2D eigenvalue weighted by atomic mass is 9.81. The van der Waals surface area contributed by atoms with E-state index in [9.17, 15) is 9.59 Å². The molecule has 3 N–H and O–H groups in total. The number of amides is 2. The third-order valence-electron chi connectivity index (χ3n) is 4.02. The predicted molar refractivity (Wildman–Crippen MR) is 76.2 cm³/mol. The van der Waals surface area contributed by atoms with Crippen molar-refractivity contribution >= 4 is 11.8 Å². The summed E-state index contributed by atoms with van der Waals surface area (Å²) in [5.41, 5.74) is 5.47. The first-order valence-electron chi connectivity index (χ1n) is 7.28. The van der Waals surface area contributed by atoms with Gasteiger partial charge in [0.1, 0.15) is 0 Å². The average molecular weight is 266 g/mol. The van der Waals surface area contributed by atoms with E-state index >= 15 is 0 Å². The minimum absolute atomic E-state index is 0.0416. The van der Waals surface area contributed by atoms with Crippen molar-refractivity contribution in [2.75, 3.05) is 6.54 Å². The first kappa shape index (κ1) is 15.7. The number of allylic oxidation sites excluding steroid dienone is 1. The van der Waals surface area contributed by atoms with E-state index in [1.807, 2.05) is 6.92 Å². The SMILES string of the molecule is C=CC[C@H](C(N)=O)C(CC1CCCC1)C(=O)NCC. The standard InChI is InChI=1S/C15H26N2O2/c1-3-7-12(14(16)18)13(15(19)17-4-2)10-11-8-5-6-9-11/h3,11-13H,1,4-10H2,2H3,(H2,16,18)(H,17,19)/t12-,13?/m0/s1.